The number of benzene rings is 1. The Morgan fingerprint density at radius 3 is 2.80 bits per heavy atom. The average molecular weight is 344 g/mol. The van der Waals surface area contributed by atoms with E-state index in [1.165, 1.54) is 18.9 Å². The first-order valence-electron chi connectivity index (χ1n) is 6.85. The maximum absolute atomic E-state index is 13.9. The Labute approximate surface area is 127 Å². The van der Waals surface area contributed by atoms with Gasteiger partial charge in [0.05, 0.1) is 11.4 Å². The molecule has 1 aliphatic carbocycles. The van der Waals surface area contributed by atoms with Crippen LogP contribution in [-0.4, -0.2) is 23.9 Å². The van der Waals surface area contributed by atoms with Crippen LogP contribution in [-0.2, 0) is 9.53 Å². The lowest BCUT2D eigenvalue weighted by molar-refractivity contribution is -0.120. The van der Waals surface area contributed by atoms with E-state index in [0.29, 0.717) is 18.1 Å². The number of hydrogen-bond donors (Lipinski definition) is 1. The molecule has 1 fully saturated rings. The van der Waals surface area contributed by atoms with Gasteiger partial charge in [-0.1, -0.05) is 34.1 Å². The molecule has 2 atom stereocenters. The molecule has 110 valence electrons. The van der Waals surface area contributed by atoms with Crippen molar-refractivity contribution in [2.24, 2.45) is 5.92 Å². The molecule has 1 aromatic carbocycles. The Bertz CT molecular complexity index is 463. The Hall–Kier alpha value is -0.940. The van der Waals surface area contributed by atoms with E-state index >= 15 is 0 Å². The SMILES string of the molecule is C[C@H](Br)C(=O)NC[C@@H](OCC1CC1)c1ccccc1F. The van der Waals surface area contributed by atoms with Crippen molar-refractivity contribution in [3.05, 3.63) is 35.6 Å². The van der Waals surface area contributed by atoms with Crippen molar-refractivity contribution in [3.63, 3.8) is 0 Å². The standard InChI is InChI=1S/C15H19BrFNO2/c1-10(16)15(19)18-8-14(20-9-11-6-7-11)12-4-2-3-5-13(12)17/h2-5,10-11,14H,6-9H2,1H3,(H,18,19)/t10-,14+/m0/s1. The quantitative estimate of drug-likeness (QED) is 0.772. The first-order chi connectivity index (χ1) is 9.58. The highest BCUT2D eigenvalue weighted by Crippen LogP contribution is 2.31. The van der Waals surface area contributed by atoms with Gasteiger partial charge in [-0.15, -0.1) is 0 Å². The van der Waals surface area contributed by atoms with E-state index < -0.39 is 6.10 Å². The van der Waals surface area contributed by atoms with Gasteiger partial charge in [0.25, 0.3) is 0 Å². The van der Waals surface area contributed by atoms with Gasteiger partial charge in [-0.25, -0.2) is 4.39 Å². The highest BCUT2D eigenvalue weighted by Gasteiger charge is 2.25. The lowest BCUT2D eigenvalue weighted by Crippen LogP contribution is -2.34. The minimum absolute atomic E-state index is 0.124. The second kappa shape index (κ2) is 7.18. The normalized spacial score (nSPS) is 17.6. The van der Waals surface area contributed by atoms with Crippen molar-refractivity contribution in [3.8, 4) is 0 Å². The van der Waals surface area contributed by atoms with Gasteiger partial charge in [-0.2, -0.15) is 0 Å². The van der Waals surface area contributed by atoms with E-state index in [1.807, 2.05) is 0 Å². The van der Waals surface area contributed by atoms with Gasteiger partial charge in [0, 0.05) is 12.1 Å². The molecule has 3 nitrogen and oxygen atoms in total. The number of carbonyl (C=O) groups excluding carboxylic acids is 1. The molecule has 1 amide bonds. The fourth-order valence-electron chi connectivity index (χ4n) is 1.87. The number of nitrogens with one attached hydrogen (secondary N) is 1. The van der Waals surface area contributed by atoms with Gasteiger partial charge in [0.1, 0.15) is 11.9 Å². The number of alkyl halides is 1. The van der Waals surface area contributed by atoms with E-state index in [2.05, 4.69) is 21.2 Å². The minimum Gasteiger partial charge on any atom is -0.371 e. The summed E-state index contributed by atoms with van der Waals surface area (Å²) in [4.78, 5) is 11.3. The highest BCUT2D eigenvalue weighted by atomic mass is 79.9. The summed E-state index contributed by atoms with van der Waals surface area (Å²) in [5.74, 6) is 0.172. The van der Waals surface area contributed by atoms with Crippen LogP contribution in [0.15, 0.2) is 24.3 Å². The molecule has 0 bridgehead atoms. The van der Waals surface area contributed by atoms with E-state index in [-0.39, 0.29) is 23.1 Å². The third-order valence-electron chi connectivity index (χ3n) is 3.31. The molecule has 20 heavy (non-hydrogen) atoms. The summed E-state index contributed by atoms with van der Waals surface area (Å²) in [5.41, 5.74) is 0.496. The summed E-state index contributed by atoms with van der Waals surface area (Å²) < 4.78 is 19.7. The number of rotatable bonds is 7. The minimum atomic E-state index is -0.438. The third-order valence-corrected chi connectivity index (χ3v) is 3.72. The van der Waals surface area contributed by atoms with Crippen LogP contribution in [0.3, 0.4) is 0 Å². The second-order valence-electron chi connectivity index (χ2n) is 5.15. The molecule has 1 N–H and O–H groups in total. The molecule has 1 aliphatic rings. The molecule has 0 aliphatic heterocycles. The van der Waals surface area contributed by atoms with Gasteiger partial charge in [-0.3, -0.25) is 4.79 Å². The second-order valence-corrected chi connectivity index (χ2v) is 6.52. The number of carbonyl (C=O) groups is 1. The Kier molecular flexibility index (Phi) is 5.54. The maximum atomic E-state index is 13.9. The van der Waals surface area contributed by atoms with Crippen LogP contribution >= 0.6 is 15.9 Å². The van der Waals surface area contributed by atoms with Crippen molar-refractivity contribution in [2.45, 2.75) is 30.7 Å². The number of hydrogen-bond acceptors (Lipinski definition) is 2. The van der Waals surface area contributed by atoms with E-state index in [4.69, 9.17) is 4.74 Å². The van der Waals surface area contributed by atoms with Crippen molar-refractivity contribution in [1.82, 2.24) is 5.32 Å². The lowest BCUT2D eigenvalue weighted by atomic mass is 10.1. The van der Waals surface area contributed by atoms with Crippen LogP contribution in [0.1, 0.15) is 31.4 Å². The monoisotopic (exact) mass is 343 g/mol. The molecule has 0 unspecified atom stereocenters. The van der Waals surface area contributed by atoms with E-state index in [1.54, 1.807) is 25.1 Å². The van der Waals surface area contributed by atoms with Crippen molar-refractivity contribution in [1.29, 1.82) is 0 Å². The molecule has 1 aromatic rings. The molecule has 5 heteroatoms. The van der Waals surface area contributed by atoms with Gasteiger partial charge in [-0.05, 0) is 31.7 Å². The van der Waals surface area contributed by atoms with Crippen LogP contribution < -0.4 is 5.32 Å². The zero-order valence-electron chi connectivity index (χ0n) is 11.4. The van der Waals surface area contributed by atoms with Crippen LogP contribution in [0, 0.1) is 11.7 Å². The summed E-state index contributed by atoms with van der Waals surface area (Å²) in [6.45, 7) is 2.65. The van der Waals surface area contributed by atoms with Crippen molar-refractivity contribution < 1.29 is 13.9 Å². The van der Waals surface area contributed by atoms with Crippen LogP contribution in [0.2, 0.25) is 0 Å². The van der Waals surface area contributed by atoms with Crippen LogP contribution in [0.5, 0.6) is 0 Å². The predicted octanol–water partition coefficient (Wildman–Crippen LogP) is 3.19. The first kappa shape index (κ1) is 15.4. The molecular formula is C15H19BrFNO2. The molecule has 0 spiro atoms. The van der Waals surface area contributed by atoms with Crippen LogP contribution in [0.4, 0.5) is 4.39 Å². The molecule has 0 radical (unpaired) electrons. The Morgan fingerprint density at radius 1 is 1.50 bits per heavy atom. The zero-order chi connectivity index (χ0) is 14.5. The van der Waals surface area contributed by atoms with Gasteiger partial charge in [0.2, 0.25) is 5.91 Å². The van der Waals surface area contributed by atoms with Crippen molar-refractivity contribution >= 4 is 21.8 Å². The summed E-state index contributed by atoms with van der Waals surface area (Å²) >= 11 is 3.21. The summed E-state index contributed by atoms with van der Waals surface area (Å²) in [5, 5.41) is 2.77. The summed E-state index contributed by atoms with van der Waals surface area (Å²) in [6, 6.07) is 6.55. The summed E-state index contributed by atoms with van der Waals surface area (Å²) in [7, 11) is 0. The number of amides is 1. The van der Waals surface area contributed by atoms with Gasteiger partial charge < -0.3 is 10.1 Å². The number of ether oxygens (including phenoxy) is 1. The molecule has 0 saturated heterocycles. The average Bonchev–Trinajstić information content (AvgIpc) is 3.23. The summed E-state index contributed by atoms with van der Waals surface area (Å²) in [6.07, 6.45) is 1.91. The van der Waals surface area contributed by atoms with Crippen LogP contribution in [0.25, 0.3) is 0 Å². The molecule has 0 heterocycles. The number of halogens is 2. The lowest BCUT2D eigenvalue weighted by Gasteiger charge is -2.20. The third kappa shape index (κ3) is 4.56. The van der Waals surface area contributed by atoms with Gasteiger partial charge in [0.15, 0.2) is 0 Å². The maximum Gasteiger partial charge on any atom is 0.233 e. The van der Waals surface area contributed by atoms with E-state index in [9.17, 15) is 9.18 Å². The predicted molar refractivity (Wildman–Crippen MR) is 79.2 cm³/mol. The fourth-order valence-corrected chi connectivity index (χ4v) is 2.03. The molecular weight excluding hydrogens is 325 g/mol. The Morgan fingerprint density at radius 2 is 2.20 bits per heavy atom. The van der Waals surface area contributed by atoms with E-state index in [0.717, 1.165) is 0 Å². The topological polar surface area (TPSA) is 38.3 Å². The Balaban J connectivity index is 1.99. The first-order valence-corrected chi connectivity index (χ1v) is 7.77. The smallest absolute Gasteiger partial charge is 0.233 e. The highest BCUT2D eigenvalue weighted by molar-refractivity contribution is 9.10. The van der Waals surface area contributed by atoms with Gasteiger partial charge >= 0.3 is 0 Å². The molecule has 0 aromatic heterocycles. The fraction of sp³-hybridized carbons (Fsp3) is 0.533. The van der Waals surface area contributed by atoms with Crippen molar-refractivity contribution in [2.75, 3.05) is 13.2 Å². The largest absolute Gasteiger partial charge is 0.371 e. The zero-order valence-corrected chi connectivity index (χ0v) is 13.0. The molecule has 1 saturated carbocycles. The molecule has 2 rings (SSSR count).